The number of carbonyl (C=O) groups excluding carboxylic acids is 1. The molecule has 148 valence electrons. The van der Waals surface area contributed by atoms with Crippen molar-refractivity contribution in [3.63, 3.8) is 0 Å². The minimum atomic E-state index is -0.545. The predicted molar refractivity (Wildman–Crippen MR) is 116 cm³/mol. The smallest absolute Gasteiger partial charge is 0.252 e. The molecule has 1 aromatic rings. The molecular weight excluding hydrogens is 397 g/mol. The van der Waals surface area contributed by atoms with Gasteiger partial charge >= 0.3 is 0 Å². The van der Waals surface area contributed by atoms with Crippen molar-refractivity contribution in [2.45, 2.75) is 19.3 Å². The molecule has 0 aliphatic carbocycles. The van der Waals surface area contributed by atoms with Crippen LogP contribution in [0.15, 0.2) is 40.8 Å². The Morgan fingerprint density at radius 3 is 2.68 bits per heavy atom. The van der Waals surface area contributed by atoms with Gasteiger partial charge in [0, 0.05) is 49.4 Å². The molecule has 0 aromatic carbocycles. The van der Waals surface area contributed by atoms with Gasteiger partial charge in [0.15, 0.2) is 0 Å². The number of pyridine rings is 1. The number of rotatable bonds is 5. The maximum absolute atomic E-state index is 14.7. The Kier molecular flexibility index (Phi) is 6.79. The standard InChI is InChI=1S/C19H22FN5OS2/c1-28-19(15-4-5-16(23-18(15)20)24-7-2-3-8-24)22-13-6-9-25(17(26)10-13)14(11-21)12-27/h4-5,10-12H,2-3,6-9,21H2,1H3/b14-11+,22-19?. The summed E-state index contributed by atoms with van der Waals surface area (Å²) in [6, 6.07) is 3.54. The maximum atomic E-state index is 14.7. The number of amides is 1. The first-order valence-electron chi connectivity index (χ1n) is 9.01. The van der Waals surface area contributed by atoms with E-state index in [9.17, 15) is 9.18 Å². The van der Waals surface area contributed by atoms with E-state index in [2.05, 4.69) is 14.9 Å². The predicted octanol–water partition coefficient (Wildman–Crippen LogP) is 2.85. The quantitative estimate of drug-likeness (QED) is 0.260. The van der Waals surface area contributed by atoms with Gasteiger partial charge in [-0.25, -0.2) is 9.98 Å². The van der Waals surface area contributed by atoms with Gasteiger partial charge in [0.1, 0.15) is 10.9 Å². The highest BCUT2D eigenvalue weighted by Crippen LogP contribution is 2.24. The van der Waals surface area contributed by atoms with Crippen LogP contribution in [0.4, 0.5) is 10.2 Å². The maximum Gasteiger partial charge on any atom is 0.252 e. The lowest BCUT2D eigenvalue weighted by Gasteiger charge is -2.25. The number of nitrogens with two attached hydrogens (primary N) is 1. The van der Waals surface area contributed by atoms with Gasteiger partial charge in [-0.2, -0.15) is 4.39 Å². The summed E-state index contributed by atoms with van der Waals surface area (Å²) >= 11 is 6.20. The van der Waals surface area contributed by atoms with Gasteiger partial charge in [0.25, 0.3) is 5.91 Å². The van der Waals surface area contributed by atoms with Gasteiger partial charge in [0.05, 0.1) is 11.3 Å². The van der Waals surface area contributed by atoms with Crippen molar-refractivity contribution in [2.75, 3.05) is 30.8 Å². The number of halogens is 1. The Balaban J connectivity index is 1.83. The summed E-state index contributed by atoms with van der Waals surface area (Å²) in [4.78, 5) is 24.6. The third kappa shape index (κ3) is 4.41. The first kappa shape index (κ1) is 20.5. The first-order chi connectivity index (χ1) is 13.6. The molecule has 0 bridgehead atoms. The molecule has 0 saturated carbocycles. The van der Waals surface area contributed by atoms with Crippen LogP contribution in [0.3, 0.4) is 0 Å². The van der Waals surface area contributed by atoms with E-state index in [4.69, 9.17) is 18.0 Å². The van der Waals surface area contributed by atoms with Crippen molar-refractivity contribution in [2.24, 2.45) is 10.7 Å². The van der Waals surface area contributed by atoms with E-state index in [-0.39, 0.29) is 5.91 Å². The van der Waals surface area contributed by atoms with Gasteiger partial charge < -0.3 is 15.5 Å². The molecule has 2 aliphatic heterocycles. The molecule has 2 aliphatic rings. The van der Waals surface area contributed by atoms with Crippen LogP contribution in [0, 0.1) is 5.95 Å². The summed E-state index contributed by atoms with van der Waals surface area (Å²) in [7, 11) is 0. The van der Waals surface area contributed by atoms with Crippen molar-refractivity contribution < 1.29 is 9.18 Å². The number of thioether (sulfide) groups is 1. The van der Waals surface area contributed by atoms with E-state index in [0.29, 0.717) is 40.8 Å². The summed E-state index contributed by atoms with van der Waals surface area (Å²) in [6.45, 7) is 2.23. The lowest BCUT2D eigenvalue weighted by atomic mass is 10.2. The molecule has 1 fully saturated rings. The van der Waals surface area contributed by atoms with E-state index in [1.807, 2.05) is 12.3 Å². The average molecular weight is 420 g/mol. The van der Waals surface area contributed by atoms with Crippen molar-refractivity contribution >= 4 is 46.1 Å². The summed E-state index contributed by atoms with van der Waals surface area (Å²) in [5.41, 5.74) is 6.92. The molecule has 1 saturated heterocycles. The fourth-order valence-electron chi connectivity index (χ4n) is 3.22. The molecule has 2 N–H and O–H groups in total. The number of anilines is 1. The van der Waals surface area contributed by atoms with Gasteiger partial charge in [-0.3, -0.25) is 4.79 Å². The van der Waals surface area contributed by atoms with E-state index >= 15 is 0 Å². The van der Waals surface area contributed by atoms with Crippen LogP contribution in [0.1, 0.15) is 24.8 Å². The molecule has 0 spiro atoms. The fraction of sp³-hybridized carbons (Fsp3) is 0.368. The van der Waals surface area contributed by atoms with Crippen molar-refractivity contribution in [1.82, 2.24) is 9.88 Å². The van der Waals surface area contributed by atoms with E-state index in [1.54, 1.807) is 6.07 Å². The molecule has 6 nitrogen and oxygen atoms in total. The Bertz CT molecular complexity index is 862. The Labute approximate surface area is 173 Å². The Morgan fingerprint density at radius 1 is 1.36 bits per heavy atom. The lowest BCUT2D eigenvalue weighted by molar-refractivity contribution is -0.124. The zero-order chi connectivity index (χ0) is 20.1. The minimum absolute atomic E-state index is 0.244. The van der Waals surface area contributed by atoms with Crippen molar-refractivity contribution in [3.05, 3.63) is 47.3 Å². The van der Waals surface area contributed by atoms with Crippen LogP contribution in [-0.2, 0) is 4.79 Å². The third-order valence-electron chi connectivity index (χ3n) is 4.68. The summed E-state index contributed by atoms with van der Waals surface area (Å²) in [5, 5.41) is 1.87. The summed E-state index contributed by atoms with van der Waals surface area (Å²) in [6.07, 6.45) is 7.30. The molecule has 9 heteroatoms. The number of nitrogens with zero attached hydrogens (tertiary/aromatic N) is 4. The number of aliphatic imine (C=N–C) groups is 1. The van der Waals surface area contributed by atoms with Crippen LogP contribution in [-0.4, -0.2) is 52.1 Å². The van der Waals surface area contributed by atoms with E-state index in [1.165, 1.54) is 34.3 Å². The van der Waals surface area contributed by atoms with Crippen LogP contribution in [0.25, 0.3) is 0 Å². The monoisotopic (exact) mass is 419 g/mol. The van der Waals surface area contributed by atoms with Crippen LogP contribution >= 0.6 is 24.0 Å². The SMILES string of the molecule is CSC(=NC1=CC(=O)N(/C(C=S)=C/N)CC1)c1ccc(N2CCCC2)nc1F. The molecule has 0 radical (unpaired) electrons. The summed E-state index contributed by atoms with van der Waals surface area (Å²) in [5.74, 6) is -0.134. The van der Waals surface area contributed by atoms with Crippen LogP contribution in [0.5, 0.6) is 0 Å². The second-order valence-corrected chi connectivity index (χ2v) is 7.44. The van der Waals surface area contributed by atoms with Crippen molar-refractivity contribution in [3.8, 4) is 0 Å². The van der Waals surface area contributed by atoms with Crippen molar-refractivity contribution in [1.29, 1.82) is 0 Å². The molecule has 1 aromatic heterocycles. The second kappa shape index (κ2) is 9.29. The molecule has 3 rings (SSSR count). The fourth-order valence-corrected chi connectivity index (χ4v) is 4.01. The Hall–Kier alpha value is -2.26. The minimum Gasteiger partial charge on any atom is -0.403 e. The highest BCUT2D eigenvalue weighted by atomic mass is 32.2. The number of aromatic nitrogens is 1. The van der Waals surface area contributed by atoms with Gasteiger partial charge in [-0.1, -0.05) is 12.2 Å². The van der Waals surface area contributed by atoms with Crippen LogP contribution < -0.4 is 10.6 Å². The van der Waals surface area contributed by atoms with E-state index in [0.717, 1.165) is 25.9 Å². The molecular formula is C19H22FN5OS2. The summed E-state index contributed by atoms with van der Waals surface area (Å²) < 4.78 is 14.7. The molecule has 28 heavy (non-hydrogen) atoms. The number of carbonyl (C=O) groups is 1. The normalized spacial score (nSPS) is 18.5. The third-order valence-corrected chi connectivity index (χ3v) is 5.62. The number of hydrogen-bond donors (Lipinski definition) is 1. The number of allylic oxidation sites excluding steroid dienone is 1. The highest BCUT2D eigenvalue weighted by Gasteiger charge is 2.22. The zero-order valence-electron chi connectivity index (χ0n) is 15.6. The van der Waals surface area contributed by atoms with Gasteiger partial charge in [-0.15, -0.1) is 11.8 Å². The molecule has 3 heterocycles. The number of hydrogen-bond acceptors (Lipinski definition) is 7. The zero-order valence-corrected chi connectivity index (χ0v) is 17.2. The van der Waals surface area contributed by atoms with E-state index < -0.39 is 5.95 Å². The van der Waals surface area contributed by atoms with Crippen LogP contribution in [0.2, 0.25) is 0 Å². The van der Waals surface area contributed by atoms with Gasteiger partial charge in [-0.05, 0) is 31.2 Å². The topological polar surface area (TPSA) is 74.8 Å². The molecule has 0 atom stereocenters. The lowest BCUT2D eigenvalue weighted by Crippen LogP contribution is -2.34. The van der Waals surface area contributed by atoms with Gasteiger partial charge in [0.2, 0.25) is 5.95 Å². The second-order valence-electron chi connectivity index (χ2n) is 6.41. The largest absolute Gasteiger partial charge is 0.403 e. The highest BCUT2D eigenvalue weighted by molar-refractivity contribution is 8.13. The number of thiocarbonyl (C=S) groups is 1. The average Bonchev–Trinajstić information content (AvgIpc) is 3.23. The Morgan fingerprint density at radius 2 is 2.11 bits per heavy atom. The first-order valence-corrected chi connectivity index (χ1v) is 10.7. The molecule has 0 unspecified atom stereocenters. The molecule has 1 amide bonds.